The molecule has 0 bridgehead atoms. The highest BCUT2D eigenvalue weighted by atomic mass is 16.2. The quantitative estimate of drug-likeness (QED) is 0.834. The molecular formula is C12H17N3O. The third-order valence-electron chi connectivity index (χ3n) is 2.81. The third-order valence-corrected chi connectivity index (χ3v) is 2.81. The van der Waals surface area contributed by atoms with Gasteiger partial charge in [0.05, 0.1) is 0 Å². The minimum atomic E-state index is 0.263. The highest BCUT2D eigenvalue weighted by molar-refractivity contribution is 5.76. The van der Waals surface area contributed by atoms with E-state index in [2.05, 4.69) is 10.3 Å². The van der Waals surface area contributed by atoms with Crippen LogP contribution in [0, 0.1) is 0 Å². The number of aromatic nitrogens is 1. The Morgan fingerprint density at radius 1 is 1.31 bits per heavy atom. The molecule has 0 aliphatic carbocycles. The van der Waals surface area contributed by atoms with Gasteiger partial charge < -0.3 is 10.2 Å². The van der Waals surface area contributed by atoms with Gasteiger partial charge in [-0.1, -0.05) is 0 Å². The normalized spacial score (nSPS) is 15.1. The van der Waals surface area contributed by atoms with Crippen molar-refractivity contribution in [2.45, 2.75) is 19.3 Å². The van der Waals surface area contributed by atoms with Gasteiger partial charge in [-0.15, -0.1) is 0 Å². The van der Waals surface area contributed by atoms with Gasteiger partial charge in [-0.2, -0.15) is 0 Å². The number of pyridine rings is 1. The number of rotatable bonds is 4. The van der Waals surface area contributed by atoms with Gasteiger partial charge in [0.25, 0.3) is 0 Å². The highest BCUT2D eigenvalue weighted by Gasteiger charge is 2.16. The first kappa shape index (κ1) is 10.9. The Morgan fingerprint density at radius 2 is 2.00 bits per heavy atom. The van der Waals surface area contributed by atoms with E-state index in [0.29, 0.717) is 13.0 Å². The predicted molar refractivity (Wildman–Crippen MR) is 63.2 cm³/mol. The molecule has 1 aliphatic heterocycles. The van der Waals surface area contributed by atoms with Gasteiger partial charge in [0.1, 0.15) is 0 Å². The maximum atomic E-state index is 11.7. The molecule has 1 N–H and O–H groups in total. The number of carbonyl (C=O) groups excluding carboxylic acids is 1. The molecule has 1 fully saturated rings. The van der Waals surface area contributed by atoms with Gasteiger partial charge in [0.15, 0.2) is 0 Å². The minimum absolute atomic E-state index is 0.263. The highest BCUT2D eigenvalue weighted by Crippen LogP contribution is 2.09. The molecule has 4 heteroatoms. The van der Waals surface area contributed by atoms with Crippen LogP contribution in [0.15, 0.2) is 24.5 Å². The summed E-state index contributed by atoms with van der Waals surface area (Å²) in [7, 11) is 0. The maximum Gasteiger partial charge on any atom is 0.224 e. The van der Waals surface area contributed by atoms with Gasteiger partial charge in [-0.05, 0) is 25.0 Å². The summed E-state index contributed by atoms with van der Waals surface area (Å²) in [5.74, 6) is 0.263. The summed E-state index contributed by atoms with van der Waals surface area (Å²) < 4.78 is 0. The molecule has 4 nitrogen and oxygen atoms in total. The molecule has 86 valence electrons. The number of amides is 1. The molecular weight excluding hydrogens is 202 g/mol. The maximum absolute atomic E-state index is 11.7. The molecule has 0 atom stereocenters. The number of anilines is 1. The number of nitrogens with one attached hydrogen (secondary N) is 1. The molecule has 1 aromatic heterocycles. The van der Waals surface area contributed by atoms with Gasteiger partial charge in [-0.3, -0.25) is 9.78 Å². The number of nitrogens with zero attached hydrogens (tertiary/aromatic N) is 2. The van der Waals surface area contributed by atoms with Crippen LogP contribution in [-0.4, -0.2) is 35.4 Å². The molecule has 1 saturated heterocycles. The summed E-state index contributed by atoms with van der Waals surface area (Å²) in [6, 6.07) is 3.81. The van der Waals surface area contributed by atoms with Crippen LogP contribution >= 0.6 is 0 Å². The molecule has 0 unspecified atom stereocenters. The Morgan fingerprint density at radius 3 is 2.69 bits per heavy atom. The molecule has 1 amide bonds. The smallest absolute Gasteiger partial charge is 0.224 e. The van der Waals surface area contributed by atoms with Crippen LogP contribution in [0.4, 0.5) is 5.69 Å². The van der Waals surface area contributed by atoms with Crippen LogP contribution in [0.1, 0.15) is 19.3 Å². The lowest BCUT2D eigenvalue weighted by molar-refractivity contribution is -0.129. The van der Waals surface area contributed by atoms with E-state index >= 15 is 0 Å². The average Bonchev–Trinajstić information content (AvgIpc) is 2.84. The first-order chi connectivity index (χ1) is 7.86. The molecule has 0 saturated carbocycles. The van der Waals surface area contributed by atoms with Crippen molar-refractivity contribution in [1.29, 1.82) is 0 Å². The molecule has 0 spiro atoms. The molecule has 0 radical (unpaired) electrons. The first-order valence-electron chi connectivity index (χ1n) is 5.78. The van der Waals surface area contributed by atoms with Crippen molar-refractivity contribution in [1.82, 2.24) is 9.88 Å². The van der Waals surface area contributed by atoms with Crippen molar-refractivity contribution >= 4 is 11.6 Å². The van der Waals surface area contributed by atoms with E-state index in [0.717, 1.165) is 31.6 Å². The Balaban J connectivity index is 1.70. The van der Waals surface area contributed by atoms with Crippen molar-refractivity contribution in [3.8, 4) is 0 Å². The second-order valence-corrected chi connectivity index (χ2v) is 4.00. The SMILES string of the molecule is O=C(CCNc1ccncc1)N1CCCC1. The van der Waals surface area contributed by atoms with E-state index in [1.165, 1.54) is 0 Å². The van der Waals surface area contributed by atoms with Crippen molar-refractivity contribution in [2.24, 2.45) is 0 Å². The lowest BCUT2D eigenvalue weighted by atomic mass is 10.3. The Hall–Kier alpha value is -1.58. The lowest BCUT2D eigenvalue weighted by Crippen LogP contribution is -2.29. The molecule has 2 rings (SSSR count). The zero-order valence-corrected chi connectivity index (χ0v) is 9.35. The van der Waals surface area contributed by atoms with Crippen molar-refractivity contribution in [3.05, 3.63) is 24.5 Å². The van der Waals surface area contributed by atoms with E-state index < -0.39 is 0 Å². The number of hydrogen-bond acceptors (Lipinski definition) is 3. The summed E-state index contributed by atoms with van der Waals surface area (Å²) in [6.07, 6.45) is 6.37. The van der Waals surface area contributed by atoms with Gasteiger partial charge in [-0.25, -0.2) is 0 Å². The van der Waals surface area contributed by atoms with E-state index in [1.54, 1.807) is 12.4 Å². The Bertz CT molecular complexity index is 333. The van der Waals surface area contributed by atoms with Crippen molar-refractivity contribution in [2.75, 3.05) is 25.0 Å². The predicted octanol–water partition coefficient (Wildman–Crippen LogP) is 1.51. The number of likely N-dealkylation sites (tertiary alicyclic amines) is 1. The summed E-state index contributed by atoms with van der Waals surface area (Å²) in [5, 5.41) is 3.21. The van der Waals surface area contributed by atoms with Crippen LogP contribution in [0.2, 0.25) is 0 Å². The third kappa shape index (κ3) is 2.95. The van der Waals surface area contributed by atoms with Crippen LogP contribution in [0.3, 0.4) is 0 Å². The second kappa shape index (κ2) is 5.49. The average molecular weight is 219 g/mol. The summed E-state index contributed by atoms with van der Waals surface area (Å²) in [5.41, 5.74) is 1.02. The number of carbonyl (C=O) groups is 1. The van der Waals surface area contributed by atoms with Crippen molar-refractivity contribution < 1.29 is 4.79 Å². The molecule has 0 aromatic carbocycles. The minimum Gasteiger partial charge on any atom is -0.384 e. The summed E-state index contributed by atoms with van der Waals surface area (Å²) >= 11 is 0. The van der Waals surface area contributed by atoms with Crippen LogP contribution in [-0.2, 0) is 4.79 Å². The fourth-order valence-corrected chi connectivity index (χ4v) is 1.91. The van der Waals surface area contributed by atoms with Crippen LogP contribution < -0.4 is 5.32 Å². The van der Waals surface area contributed by atoms with E-state index in [1.807, 2.05) is 17.0 Å². The van der Waals surface area contributed by atoms with Crippen molar-refractivity contribution in [3.63, 3.8) is 0 Å². The second-order valence-electron chi connectivity index (χ2n) is 4.00. The van der Waals surface area contributed by atoms with E-state index in [9.17, 15) is 4.79 Å². The largest absolute Gasteiger partial charge is 0.384 e. The molecule has 1 aliphatic rings. The molecule has 2 heterocycles. The summed E-state index contributed by atoms with van der Waals surface area (Å²) in [6.45, 7) is 2.57. The molecule has 16 heavy (non-hydrogen) atoms. The zero-order valence-electron chi connectivity index (χ0n) is 9.35. The zero-order chi connectivity index (χ0) is 11.2. The number of hydrogen-bond donors (Lipinski definition) is 1. The lowest BCUT2D eigenvalue weighted by Gasteiger charge is -2.15. The fraction of sp³-hybridized carbons (Fsp3) is 0.500. The van der Waals surface area contributed by atoms with E-state index in [-0.39, 0.29) is 5.91 Å². The summed E-state index contributed by atoms with van der Waals surface area (Å²) in [4.78, 5) is 17.6. The topological polar surface area (TPSA) is 45.2 Å². The van der Waals surface area contributed by atoms with Crippen LogP contribution in [0.5, 0.6) is 0 Å². The Labute approximate surface area is 95.7 Å². The van der Waals surface area contributed by atoms with Gasteiger partial charge in [0, 0.05) is 44.1 Å². The Kier molecular flexibility index (Phi) is 3.75. The van der Waals surface area contributed by atoms with Gasteiger partial charge in [0.2, 0.25) is 5.91 Å². The van der Waals surface area contributed by atoms with Crippen LogP contribution in [0.25, 0.3) is 0 Å². The van der Waals surface area contributed by atoms with E-state index in [4.69, 9.17) is 0 Å². The molecule has 1 aromatic rings. The van der Waals surface area contributed by atoms with Gasteiger partial charge >= 0.3 is 0 Å². The fourth-order valence-electron chi connectivity index (χ4n) is 1.91. The first-order valence-corrected chi connectivity index (χ1v) is 5.78. The standard InChI is InChI=1S/C12H17N3O/c16-12(15-9-1-2-10-15)5-8-14-11-3-6-13-7-4-11/h3-4,6-7H,1-2,5,8-10H2,(H,13,14). The monoisotopic (exact) mass is 219 g/mol.